The number of halogens is 1. The molecule has 3 rings (SSSR count). The van der Waals surface area contributed by atoms with Crippen LogP contribution in [0.2, 0.25) is 5.28 Å². The van der Waals surface area contributed by atoms with Crippen LogP contribution in [-0.4, -0.2) is 37.2 Å². The summed E-state index contributed by atoms with van der Waals surface area (Å²) in [6.07, 6.45) is 0. The van der Waals surface area contributed by atoms with Gasteiger partial charge in [-0.1, -0.05) is 0 Å². The molecule has 3 aromatic rings. The van der Waals surface area contributed by atoms with E-state index in [1.54, 1.807) is 30.3 Å². The van der Waals surface area contributed by atoms with Crippen LogP contribution < -0.4 is 19.5 Å². The van der Waals surface area contributed by atoms with Gasteiger partial charge in [0.1, 0.15) is 0 Å². The average Bonchev–Trinajstić information content (AvgIpc) is 2.99. The molecular weight excluding hydrogens is 346 g/mol. The summed E-state index contributed by atoms with van der Waals surface area (Å²) in [5.74, 6) is 0.921. The van der Waals surface area contributed by atoms with Gasteiger partial charge in [0, 0.05) is 11.3 Å². The molecule has 1 amide bonds. The summed E-state index contributed by atoms with van der Waals surface area (Å²) in [4.78, 5) is 19.6. The van der Waals surface area contributed by atoms with Crippen molar-refractivity contribution in [3.8, 4) is 17.2 Å². The van der Waals surface area contributed by atoms with Crippen LogP contribution in [0.3, 0.4) is 0 Å². The fourth-order valence-electron chi connectivity index (χ4n) is 2.47. The number of imidazole rings is 1. The molecule has 1 aromatic heterocycles. The number of anilines is 1. The first-order valence-corrected chi connectivity index (χ1v) is 7.70. The van der Waals surface area contributed by atoms with Crippen LogP contribution in [0, 0.1) is 0 Å². The molecule has 0 saturated carbocycles. The van der Waals surface area contributed by atoms with Gasteiger partial charge in [0.2, 0.25) is 11.0 Å². The van der Waals surface area contributed by atoms with Crippen molar-refractivity contribution in [1.82, 2.24) is 9.97 Å². The average molecular weight is 362 g/mol. The zero-order valence-electron chi connectivity index (χ0n) is 13.8. The quantitative estimate of drug-likeness (QED) is 0.726. The van der Waals surface area contributed by atoms with Crippen molar-refractivity contribution < 1.29 is 19.0 Å². The number of hydrogen-bond donors (Lipinski definition) is 2. The predicted molar refractivity (Wildman–Crippen MR) is 95.2 cm³/mol. The highest BCUT2D eigenvalue weighted by molar-refractivity contribution is 6.29. The Morgan fingerprint density at radius 3 is 2.36 bits per heavy atom. The standard InChI is InChI=1S/C17H16ClN3O4/c1-23-13-6-9(7-14(24-2)15(13)25-3)16(22)19-10-4-5-11-12(8-10)21-17(18)20-11/h4-8H,1-3H3,(H,19,22)(H,20,21). The Kier molecular flexibility index (Phi) is 4.67. The van der Waals surface area contributed by atoms with E-state index in [-0.39, 0.29) is 5.91 Å². The first kappa shape index (κ1) is 16.9. The molecule has 0 radical (unpaired) electrons. The molecule has 0 atom stereocenters. The van der Waals surface area contributed by atoms with E-state index in [1.807, 2.05) is 0 Å². The molecule has 0 aliphatic carbocycles. The van der Waals surface area contributed by atoms with Gasteiger partial charge < -0.3 is 24.5 Å². The zero-order valence-corrected chi connectivity index (χ0v) is 14.6. The van der Waals surface area contributed by atoms with Crippen LogP contribution in [0.25, 0.3) is 11.0 Å². The first-order chi connectivity index (χ1) is 12.0. The Labute approximate surface area is 148 Å². The highest BCUT2D eigenvalue weighted by atomic mass is 35.5. The summed E-state index contributed by atoms with van der Waals surface area (Å²) in [6, 6.07) is 8.44. The SMILES string of the molecule is COc1cc(C(=O)Nc2ccc3nc(Cl)[nH]c3c2)cc(OC)c1OC. The summed E-state index contributed by atoms with van der Waals surface area (Å²) in [6.45, 7) is 0. The third-order valence-corrected chi connectivity index (χ3v) is 3.82. The van der Waals surface area contributed by atoms with Crippen molar-refractivity contribution in [3.63, 3.8) is 0 Å². The number of fused-ring (bicyclic) bond motifs is 1. The maximum atomic E-state index is 12.6. The second kappa shape index (κ2) is 6.90. The molecule has 0 unspecified atom stereocenters. The van der Waals surface area contributed by atoms with Crippen molar-refractivity contribution in [3.05, 3.63) is 41.2 Å². The minimum Gasteiger partial charge on any atom is -0.493 e. The summed E-state index contributed by atoms with van der Waals surface area (Å²) >= 11 is 5.84. The van der Waals surface area contributed by atoms with Gasteiger partial charge >= 0.3 is 0 Å². The number of nitrogens with zero attached hydrogens (tertiary/aromatic N) is 1. The van der Waals surface area contributed by atoms with E-state index in [4.69, 9.17) is 25.8 Å². The van der Waals surface area contributed by atoms with Gasteiger partial charge in [-0.05, 0) is 41.9 Å². The molecule has 2 N–H and O–H groups in total. The number of amides is 1. The van der Waals surface area contributed by atoms with Gasteiger partial charge in [-0.2, -0.15) is 0 Å². The third kappa shape index (κ3) is 3.32. The number of rotatable bonds is 5. The Morgan fingerprint density at radius 1 is 1.08 bits per heavy atom. The van der Waals surface area contributed by atoms with Crippen molar-refractivity contribution >= 4 is 34.2 Å². The fourth-order valence-corrected chi connectivity index (χ4v) is 2.66. The lowest BCUT2D eigenvalue weighted by Crippen LogP contribution is -2.12. The van der Waals surface area contributed by atoms with E-state index in [1.165, 1.54) is 21.3 Å². The molecule has 0 aliphatic heterocycles. The number of ether oxygens (including phenoxy) is 3. The van der Waals surface area contributed by atoms with Crippen LogP contribution in [-0.2, 0) is 0 Å². The number of nitrogens with one attached hydrogen (secondary N) is 2. The Morgan fingerprint density at radius 2 is 1.76 bits per heavy atom. The van der Waals surface area contributed by atoms with Crippen molar-refractivity contribution in [2.45, 2.75) is 0 Å². The normalized spacial score (nSPS) is 10.6. The highest BCUT2D eigenvalue weighted by Crippen LogP contribution is 2.38. The van der Waals surface area contributed by atoms with Crippen molar-refractivity contribution in [2.75, 3.05) is 26.6 Å². The van der Waals surface area contributed by atoms with Crippen molar-refractivity contribution in [1.29, 1.82) is 0 Å². The van der Waals surface area contributed by atoms with E-state index in [0.29, 0.717) is 33.8 Å². The monoisotopic (exact) mass is 361 g/mol. The van der Waals surface area contributed by atoms with E-state index >= 15 is 0 Å². The van der Waals surface area contributed by atoms with Gasteiger partial charge in [0.05, 0.1) is 32.4 Å². The largest absolute Gasteiger partial charge is 0.493 e. The Hall–Kier alpha value is -2.93. The van der Waals surface area contributed by atoms with E-state index in [2.05, 4.69) is 15.3 Å². The van der Waals surface area contributed by atoms with Crippen LogP contribution >= 0.6 is 11.6 Å². The molecule has 0 bridgehead atoms. The first-order valence-electron chi connectivity index (χ1n) is 7.32. The van der Waals surface area contributed by atoms with Gasteiger partial charge in [-0.25, -0.2) is 4.98 Å². The zero-order chi connectivity index (χ0) is 18.0. The molecule has 0 aliphatic rings. The number of carbonyl (C=O) groups excluding carboxylic acids is 1. The van der Waals surface area contributed by atoms with Crippen LogP contribution in [0.4, 0.5) is 5.69 Å². The van der Waals surface area contributed by atoms with E-state index < -0.39 is 0 Å². The minimum atomic E-state index is -0.316. The molecule has 0 fully saturated rings. The fraction of sp³-hybridized carbons (Fsp3) is 0.176. The molecule has 2 aromatic carbocycles. The lowest BCUT2D eigenvalue weighted by molar-refractivity contribution is 0.102. The van der Waals surface area contributed by atoms with E-state index in [0.717, 1.165) is 11.0 Å². The molecule has 0 saturated heterocycles. The Bertz CT molecular complexity index is 914. The van der Waals surface area contributed by atoms with Gasteiger partial charge in [-0.15, -0.1) is 0 Å². The van der Waals surface area contributed by atoms with E-state index in [9.17, 15) is 4.79 Å². The summed E-state index contributed by atoms with van der Waals surface area (Å²) in [5, 5.41) is 3.11. The number of benzene rings is 2. The predicted octanol–water partition coefficient (Wildman–Crippen LogP) is 3.49. The molecule has 7 nitrogen and oxygen atoms in total. The molecule has 1 heterocycles. The minimum absolute atomic E-state index is 0.295. The number of methoxy groups -OCH3 is 3. The number of H-pyrrole nitrogens is 1. The Balaban J connectivity index is 1.91. The van der Waals surface area contributed by atoms with Crippen LogP contribution in [0.15, 0.2) is 30.3 Å². The van der Waals surface area contributed by atoms with Gasteiger partial charge in [0.15, 0.2) is 11.5 Å². The summed E-state index contributed by atoms with van der Waals surface area (Å²) in [7, 11) is 4.49. The number of hydrogen-bond acceptors (Lipinski definition) is 5. The highest BCUT2D eigenvalue weighted by Gasteiger charge is 2.17. The second-order valence-electron chi connectivity index (χ2n) is 5.13. The molecule has 0 spiro atoms. The third-order valence-electron chi connectivity index (χ3n) is 3.64. The topological polar surface area (TPSA) is 85.5 Å². The number of carbonyl (C=O) groups is 1. The number of aromatic amines is 1. The lowest BCUT2D eigenvalue weighted by atomic mass is 10.1. The van der Waals surface area contributed by atoms with Gasteiger partial charge in [0.25, 0.3) is 5.91 Å². The van der Waals surface area contributed by atoms with Crippen LogP contribution in [0.1, 0.15) is 10.4 Å². The molecule has 25 heavy (non-hydrogen) atoms. The van der Waals surface area contributed by atoms with Crippen molar-refractivity contribution in [2.24, 2.45) is 0 Å². The maximum Gasteiger partial charge on any atom is 0.255 e. The van der Waals surface area contributed by atoms with Crippen LogP contribution in [0.5, 0.6) is 17.2 Å². The smallest absolute Gasteiger partial charge is 0.255 e. The summed E-state index contributed by atoms with van der Waals surface area (Å²) in [5.41, 5.74) is 2.42. The van der Waals surface area contributed by atoms with Gasteiger partial charge in [-0.3, -0.25) is 4.79 Å². The maximum absolute atomic E-state index is 12.6. The second-order valence-corrected chi connectivity index (χ2v) is 5.49. The molecular formula is C17H16ClN3O4. The number of aromatic nitrogens is 2. The lowest BCUT2D eigenvalue weighted by Gasteiger charge is -2.14. The molecule has 130 valence electrons. The summed E-state index contributed by atoms with van der Waals surface area (Å²) < 4.78 is 15.8. The molecule has 8 heteroatoms.